The zero-order chi connectivity index (χ0) is 13.8. The topological polar surface area (TPSA) is 56.2 Å². The van der Waals surface area contributed by atoms with Gasteiger partial charge in [-0.1, -0.05) is 33.1 Å². The SMILES string of the molecule is CCCCCCc1c(CC)nc2cc(C)nn2c1N. The average molecular weight is 260 g/mol. The summed E-state index contributed by atoms with van der Waals surface area (Å²) in [7, 11) is 0. The summed E-state index contributed by atoms with van der Waals surface area (Å²) in [6, 6.07) is 1.98. The molecule has 19 heavy (non-hydrogen) atoms. The minimum absolute atomic E-state index is 0.770. The van der Waals surface area contributed by atoms with E-state index in [0.717, 1.165) is 35.7 Å². The second-order valence-corrected chi connectivity index (χ2v) is 5.14. The van der Waals surface area contributed by atoms with Gasteiger partial charge in [-0.05, 0) is 26.2 Å². The van der Waals surface area contributed by atoms with Crippen molar-refractivity contribution in [3.05, 3.63) is 23.0 Å². The Balaban J connectivity index is 2.31. The Morgan fingerprint density at radius 1 is 1.21 bits per heavy atom. The number of aryl methyl sites for hydroxylation is 2. The average Bonchev–Trinajstić information content (AvgIpc) is 2.77. The molecular formula is C15H24N4. The monoisotopic (exact) mass is 260 g/mol. The first-order chi connectivity index (χ1) is 9.17. The van der Waals surface area contributed by atoms with Gasteiger partial charge < -0.3 is 5.73 Å². The van der Waals surface area contributed by atoms with Crippen LogP contribution in [0.5, 0.6) is 0 Å². The highest BCUT2D eigenvalue weighted by Gasteiger charge is 2.13. The van der Waals surface area contributed by atoms with Crippen LogP contribution < -0.4 is 5.73 Å². The minimum atomic E-state index is 0.770. The van der Waals surface area contributed by atoms with Crippen LogP contribution in [0.15, 0.2) is 6.07 Å². The lowest BCUT2D eigenvalue weighted by Crippen LogP contribution is -2.09. The van der Waals surface area contributed by atoms with Crippen LogP contribution in [0.1, 0.15) is 56.5 Å². The Morgan fingerprint density at radius 2 is 2.00 bits per heavy atom. The zero-order valence-corrected chi connectivity index (χ0v) is 12.2. The third kappa shape index (κ3) is 2.88. The summed E-state index contributed by atoms with van der Waals surface area (Å²) < 4.78 is 1.78. The molecule has 2 rings (SSSR count). The third-order valence-electron chi connectivity index (χ3n) is 3.56. The van der Waals surface area contributed by atoms with Crippen molar-refractivity contribution in [1.82, 2.24) is 14.6 Å². The van der Waals surface area contributed by atoms with Crippen LogP contribution in [0.3, 0.4) is 0 Å². The molecule has 0 bridgehead atoms. The van der Waals surface area contributed by atoms with E-state index in [0.29, 0.717) is 0 Å². The molecule has 0 aliphatic carbocycles. The number of anilines is 1. The first-order valence-corrected chi connectivity index (χ1v) is 7.31. The molecule has 0 unspecified atom stereocenters. The van der Waals surface area contributed by atoms with Gasteiger partial charge in [0, 0.05) is 17.3 Å². The van der Waals surface area contributed by atoms with Crippen molar-refractivity contribution >= 4 is 11.5 Å². The van der Waals surface area contributed by atoms with Crippen molar-refractivity contribution in [2.45, 2.75) is 59.3 Å². The number of unbranched alkanes of at least 4 members (excludes halogenated alkanes) is 3. The van der Waals surface area contributed by atoms with Crippen molar-refractivity contribution in [3.8, 4) is 0 Å². The number of hydrogen-bond donors (Lipinski definition) is 1. The fourth-order valence-corrected chi connectivity index (χ4v) is 2.52. The van der Waals surface area contributed by atoms with Gasteiger partial charge in [-0.2, -0.15) is 9.61 Å². The normalized spacial score (nSPS) is 11.3. The predicted octanol–water partition coefficient (Wildman–Crippen LogP) is 3.31. The molecule has 0 aliphatic rings. The van der Waals surface area contributed by atoms with E-state index in [1.54, 1.807) is 4.52 Å². The maximum absolute atomic E-state index is 6.28. The molecule has 2 aromatic rings. The van der Waals surface area contributed by atoms with E-state index >= 15 is 0 Å². The lowest BCUT2D eigenvalue weighted by Gasteiger charge is -2.11. The van der Waals surface area contributed by atoms with Crippen molar-refractivity contribution in [3.63, 3.8) is 0 Å². The molecule has 0 aliphatic heterocycles. The summed E-state index contributed by atoms with van der Waals surface area (Å²) in [6.45, 7) is 6.34. The summed E-state index contributed by atoms with van der Waals surface area (Å²) in [4.78, 5) is 4.69. The van der Waals surface area contributed by atoms with Crippen molar-refractivity contribution in [2.24, 2.45) is 0 Å². The lowest BCUT2D eigenvalue weighted by atomic mass is 10.0. The van der Waals surface area contributed by atoms with E-state index in [1.807, 2.05) is 13.0 Å². The van der Waals surface area contributed by atoms with Crippen LogP contribution in [-0.2, 0) is 12.8 Å². The molecular weight excluding hydrogens is 236 g/mol. The van der Waals surface area contributed by atoms with Gasteiger partial charge in [-0.25, -0.2) is 4.98 Å². The Bertz CT molecular complexity index is 557. The van der Waals surface area contributed by atoms with E-state index in [-0.39, 0.29) is 0 Å². The number of rotatable bonds is 6. The maximum Gasteiger partial charge on any atom is 0.157 e. The van der Waals surface area contributed by atoms with E-state index in [9.17, 15) is 0 Å². The van der Waals surface area contributed by atoms with Gasteiger partial charge in [0.25, 0.3) is 0 Å². The molecule has 2 N–H and O–H groups in total. The van der Waals surface area contributed by atoms with E-state index < -0.39 is 0 Å². The highest BCUT2D eigenvalue weighted by molar-refractivity contribution is 5.53. The Hall–Kier alpha value is -1.58. The van der Waals surface area contributed by atoms with Gasteiger partial charge in [0.2, 0.25) is 0 Å². The molecule has 0 spiro atoms. The molecule has 0 atom stereocenters. The second kappa shape index (κ2) is 6.04. The number of fused-ring (bicyclic) bond motifs is 1. The fourth-order valence-electron chi connectivity index (χ4n) is 2.52. The smallest absolute Gasteiger partial charge is 0.157 e. The zero-order valence-electron chi connectivity index (χ0n) is 12.2. The molecule has 2 aromatic heterocycles. The maximum atomic E-state index is 6.28. The Kier molecular flexibility index (Phi) is 4.40. The van der Waals surface area contributed by atoms with Crippen LogP contribution in [0.25, 0.3) is 5.65 Å². The number of aromatic nitrogens is 3. The quantitative estimate of drug-likeness (QED) is 0.811. The van der Waals surface area contributed by atoms with E-state index in [4.69, 9.17) is 10.7 Å². The van der Waals surface area contributed by atoms with Gasteiger partial charge in [0.1, 0.15) is 5.82 Å². The summed E-state index contributed by atoms with van der Waals surface area (Å²) in [6.07, 6.45) is 6.92. The van der Waals surface area contributed by atoms with Crippen LogP contribution in [0.4, 0.5) is 5.82 Å². The summed E-state index contributed by atoms with van der Waals surface area (Å²) in [5.74, 6) is 0.770. The van der Waals surface area contributed by atoms with Gasteiger partial charge in [0.05, 0.1) is 5.69 Å². The predicted molar refractivity (Wildman–Crippen MR) is 79.4 cm³/mol. The van der Waals surface area contributed by atoms with Gasteiger partial charge in [-0.3, -0.25) is 0 Å². The summed E-state index contributed by atoms with van der Waals surface area (Å²) in [5, 5.41) is 4.42. The number of nitrogens with two attached hydrogens (primary N) is 1. The molecule has 0 aromatic carbocycles. The molecule has 4 nitrogen and oxygen atoms in total. The van der Waals surface area contributed by atoms with Gasteiger partial charge >= 0.3 is 0 Å². The van der Waals surface area contributed by atoms with Gasteiger partial charge in [-0.15, -0.1) is 0 Å². The molecule has 0 saturated carbocycles. The number of nitrogens with zero attached hydrogens (tertiary/aromatic N) is 3. The molecule has 4 heteroatoms. The Labute approximate surface area is 115 Å². The van der Waals surface area contributed by atoms with Crippen LogP contribution in [-0.4, -0.2) is 14.6 Å². The summed E-state index contributed by atoms with van der Waals surface area (Å²) in [5.41, 5.74) is 10.4. The number of hydrogen-bond acceptors (Lipinski definition) is 3. The standard InChI is InChI=1S/C15H24N4/c1-4-6-7-8-9-12-13(5-2)17-14-10-11(3)18-19(14)15(12)16/h10H,4-9,16H2,1-3H3. The molecule has 0 amide bonds. The first-order valence-electron chi connectivity index (χ1n) is 7.31. The largest absolute Gasteiger partial charge is 0.383 e. The molecule has 0 fully saturated rings. The van der Waals surface area contributed by atoms with E-state index in [1.165, 1.54) is 31.2 Å². The van der Waals surface area contributed by atoms with Crippen molar-refractivity contribution in [1.29, 1.82) is 0 Å². The third-order valence-corrected chi connectivity index (χ3v) is 3.56. The highest BCUT2D eigenvalue weighted by Crippen LogP contribution is 2.21. The lowest BCUT2D eigenvalue weighted by molar-refractivity contribution is 0.661. The van der Waals surface area contributed by atoms with Crippen LogP contribution in [0, 0.1) is 6.92 Å². The van der Waals surface area contributed by atoms with Crippen molar-refractivity contribution in [2.75, 3.05) is 5.73 Å². The number of nitrogen functional groups attached to an aromatic ring is 1. The molecule has 0 radical (unpaired) electrons. The summed E-state index contributed by atoms with van der Waals surface area (Å²) >= 11 is 0. The highest BCUT2D eigenvalue weighted by atomic mass is 15.3. The second-order valence-electron chi connectivity index (χ2n) is 5.14. The van der Waals surface area contributed by atoms with Crippen LogP contribution >= 0.6 is 0 Å². The van der Waals surface area contributed by atoms with Crippen molar-refractivity contribution < 1.29 is 0 Å². The van der Waals surface area contributed by atoms with E-state index in [2.05, 4.69) is 18.9 Å². The molecule has 0 saturated heterocycles. The molecule has 104 valence electrons. The first kappa shape index (κ1) is 13.8. The van der Waals surface area contributed by atoms with Crippen LogP contribution in [0.2, 0.25) is 0 Å². The fraction of sp³-hybridized carbons (Fsp3) is 0.600. The Morgan fingerprint density at radius 3 is 2.68 bits per heavy atom. The minimum Gasteiger partial charge on any atom is -0.383 e. The van der Waals surface area contributed by atoms with Gasteiger partial charge in [0.15, 0.2) is 5.65 Å². The molecule has 2 heterocycles.